The van der Waals surface area contributed by atoms with Gasteiger partial charge in [0.25, 0.3) is 0 Å². The Morgan fingerprint density at radius 1 is 1.58 bits per heavy atom. The van der Waals surface area contributed by atoms with Crippen molar-refractivity contribution < 1.29 is 4.74 Å². The molecule has 1 aliphatic heterocycles. The number of methoxy groups -OCH3 is 1. The molecular formula is C9H19NOS. The molecule has 0 aromatic heterocycles. The predicted octanol–water partition coefficient (Wildman–Crippen LogP) is 1.85. The molecule has 2 atom stereocenters. The SMILES string of the molecule is CCC1CSC(C(C)(C)OC)N1. The lowest BCUT2D eigenvalue weighted by atomic mass is 10.1. The van der Waals surface area contributed by atoms with Gasteiger partial charge in [-0.3, -0.25) is 5.32 Å². The van der Waals surface area contributed by atoms with Gasteiger partial charge in [0.15, 0.2) is 0 Å². The van der Waals surface area contributed by atoms with Crippen molar-refractivity contribution in [2.45, 2.75) is 44.2 Å². The Bertz CT molecular complexity index is 149. The smallest absolute Gasteiger partial charge is 0.0868 e. The van der Waals surface area contributed by atoms with E-state index >= 15 is 0 Å². The van der Waals surface area contributed by atoms with Crippen molar-refractivity contribution in [3.8, 4) is 0 Å². The van der Waals surface area contributed by atoms with Crippen molar-refractivity contribution in [3.63, 3.8) is 0 Å². The fraction of sp³-hybridized carbons (Fsp3) is 1.00. The first-order valence-electron chi connectivity index (χ1n) is 4.53. The summed E-state index contributed by atoms with van der Waals surface area (Å²) in [4.78, 5) is 0. The summed E-state index contributed by atoms with van der Waals surface area (Å²) in [6.07, 6.45) is 1.21. The third-order valence-corrected chi connectivity index (χ3v) is 4.13. The Kier molecular flexibility index (Phi) is 3.44. The molecule has 2 unspecified atom stereocenters. The molecule has 0 spiro atoms. The fourth-order valence-corrected chi connectivity index (χ4v) is 2.81. The van der Waals surface area contributed by atoms with E-state index in [0.29, 0.717) is 11.4 Å². The largest absolute Gasteiger partial charge is 0.376 e. The molecule has 72 valence electrons. The molecule has 0 bridgehead atoms. The van der Waals surface area contributed by atoms with E-state index in [2.05, 4.69) is 26.1 Å². The van der Waals surface area contributed by atoms with Crippen LogP contribution in [0.5, 0.6) is 0 Å². The number of nitrogens with one attached hydrogen (secondary N) is 1. The molecule has 1 fully saturated rings. The van der Waals surface area contributed by atoms with Gasteiger partial charge in [-0.05, 0) is 20.3 Å². The monoisotopic (exact) mass is 189 g/mol. The summed E-state index contributed by atoms with van der Waals surface area (Å²) in [6, 6.07) is 0.675. The molecule has 0 amide bonds. The van der Waals surface area contributed by atoms with Crippen LogP contribution in [0.25, 0.3) is 0 Å². The molecule has 0 saturated carbocycles. The molecule has 1 heterocycles. The van der Waals surface area contributed by atoms with Crippen LogP contribution >= 0.6 is 11.8 Å². The molecule has 2 nitrogen and oxygen atoms in total. The van der Waals surface area contributed by atoms with Gasteiger partial charge >= 0.3 is 0 Å². The van der Waals surface area contributed by atoms with Gasteiger partial charge in [0, 0.05) is 18.9 Å². The van der Waals surface area contributed by atoms with E-state index in [9.17, 15) is 0 Å². The van der Waals surface area contributed by atoms with Crippen LogP contribution in [0.1, 0.15) is 27.2 Å². The predicted molar refractivity (Wildman–Crippen MR) is 54.5 cm³/mol. The first-order chi connectivity index (χ1) is 5.60. The first kappa shape index (κ1) is 10.4. The van der Waals surface area contributed by atoms with E-state index in [-0.39, 0.29) is 5.60 Å². The average Bonchev–Trinajstić information content (AvgIpc) is 2.52. The maximum absolute atomic E-state index is 5.43. The Morgan fingerprint density at radius 2 is 2.25 bits per heavy atom. The van der Waals surface area contributed by atoms with E-state index in [0.717, 1.165) is 0 Å². The van der Waals surface area contributed by atoms with Gasteiger partial charge in [0.2, 0.25) is 0 Å². The van der Waals surface area contributed by atoms with Gasteiger partial charge < -0.3 is 4.74 Å². The molecule has 1 rings (SSSR count). The van der Waals surface area contributed by atoms with Gasteiger partial charge in [-0.1, -0.05) is 6.92 Å². The minimum Gasteiger partial charge on any atom is -0.376 e. The zero-order valence-electron chi connectivity index (χ0n) is 8.39. The minimum absolute atomic E-state index is 0.0470. The lowest BCUT2D eigenvalue weighted by molar-refractivity contribution is 0.0138. The van der Waals surface area contributed by atoms with Crippen LogP contribution < -0.4 is 5.32 Å². The van der Waals surface area contributed by atoms with Crippen LogP contribution in [0.2, 0.25) is 0 Å². The second kappa shape index (κ2) is 3.99. The highest BCUT2D eigenvalue weighted by molar-refractivity contribution is 8.00. The normalized spacial score (nSPS) is 31.0. The summed E-state index contributed by atoms with van der Waals surface area (Å²) in [7, 11) is 1.78. The quantitative estimate of drug-likeness (QED) is 0.732. The standard InChI is InChI=1S/C9H19NOS/c1-5-7-6-12-8(10-7)9(2,3)11-4/h7-8,10H,5-6H2,1-4H3. The maximum atomic E-state index is 5.43. The summed E-state index contributed by atoms with van der Waals surface area (Å²) < 4.78 is 5.43. The number of rotatable bonds is 3. The topological polar surface area (TPSA) is 21.3 Å². The summed E-state index contributed by atoms with van der Waals surface area (Å²) >= 11 is 1.97. The van der Waals surface area contributed by atoms with Gasteiger partial charge in [-0.25, -0.2) is 0 Å². The van der Waals surface area contributed by atoms with Crippen molar-refractivity contribution in [1.82, 2.24) is 5.32 Å². The van der Waals surface area contributed by atoms with Crippen LogP contribution in [0.3, 0.4) is 0 Å². The van der Waals surface area contributed by atoms with Crippen molar-refractivity contribution in [3.05, 3.63) is 0 Å². The highest BCUT2D eigenvalue weighted by atomic mass is 32.2. The van der Waals surface area contributed by atoms with Crippen LogP contribution in [-0.4, -0.2) is 29.9 Å². The lowest BCUT2D eigenvalue weighted by Gasteiger charge is -2.29. The molecule has 0 radical (unpaired) electrons. The Hall–Kier alpha value is 0.270. The van der Waals surface area contributed by atoms with E-state index in [1.54, 1.807) is 7.11 Å². The third kappa shape index (κ3) is 2.15. The highest BCUT2D eigenvalue weighted by Gasteiger charge is 2.35. The average molecular weight is 189 g/mol. The van der Waals surface area contributed by atoms with Gasteiger partial charge in [-0.2, -0.15) is 0 Å². The molecule has 0 aromatic rings. The van der Waals surface area contributed by atoms with E-state index < -0.39 is 0 Å². The highest BCUT2D eigenvalue weighted by Crippen LogP contribution is 2.30. The summed E-state index contributed by atoms with van der Waals surface area (Å²) in [5, 5.41) is 4.02. The molecule has 1 N–H and O–H groups in total. The molecule has 1 aliphatic rings. The van der Waals surface area contributed by atoms with Crippen LogP contribution in [0.15, 0.2) is 0 Å². The Labute approximate surface area is 79.4 Å². The van der Waals surface area contributed by atoms with Crippen molar-refractivity contribution in [2.24, 2.45) is 0 Å². The van der Waals surface area contributed by atoms with Crippen LogP contribution in [-0.2, 0) is 4.74 Å². The van der Waals surface area contributed by atoms with Crippen LogP contribution in [0.4, 0.5) is 0 Å². The molecular weight excluding hydrogens is 170 g/mol. The number of hydrogen-bond acceptors (Lipinski definition) is 3. The second-order valence-electron chi connectivity index (χ2n) is 3.79. The summed E-state index contributed by atoms with van der Waals surface area (Å²) in [5.41, 5.74) is -0.0470. The second-order valence-corrected chi connectivity index (χ2v) is 4.93. The third-order valence-electron chi connectivity index (χ3n) is 2.50. The number of ether oxygens (including phenoxy) is 1. The van der Waals surface area contributed by atoms with E-state index in [4.69, 9.17) is 4.74 Å². The number of thioether (sulfide) groups is 1. The zero-order chi connectivity index (χ0) is 9.19. The molecule has 3 heteroatoms. The minimum atomic E-state index is -0.0470. The molecule has 1 saturated heterocycles. The zero-order valence-corrected chi connectivity index (χ0v) is 9.20. The van der Waals surface area contributed by atoms with Gasteiger partial charge in [0.05, 0.1) is 11.0 Å². The lowest BCUT2D eigenvalue weighted by Crippen LogP contribution is -2.45. The van der Waals surface area contributed by atoms with E-state index in [1.807, 2.05) is 11.8 Å². The van der Waals surface area contributed by atoms with Gasteiger partial charge in [0.1, 0.15) is 0 Å². The fourth-order valence-electron chi connectivity index (χ4n) is 1.27. The Morgan fingerprint density at radius 3 is 2.67 bits per heavy atom. The number of hydrogen-bond donors (Lipinski definition) is 1. The van der Waals surface area contributed by atoms with E-state index in [1.165, 1.54) is 12.2 Å². The molecule has 0 aromatic carbocycles. The van der Waals surface area contributed by atoms with Crippen LogP contribution in [0, 0.1) is 0 Å². The molecule has 12 heavy (non-hydrogen) atoms. The van der Waals surface area contributed by atoms with Crippen molar-refractivity contribution in [1.29, 1.82) is 0 Å². The summed E-state index contributed by atoms with van der Waals surface area (Å²) in [5.74, 6) is 1.22. The van der Waals surface area contributed by atoms with Crippen molar-refractivity contribution in [2.75, 3.05) is 12.9 Å². The van der Waals surface area contributed by atoms with Crippen molar-refractivity contribution >= 4 is 11.8 Å². The summed E-state index contributed by atoms with van der Waals surface area (Å²) in [6.45, 7) is 6.49. The molecule has 0 aliphatic carbocycles. The first-order valence-corrected chi connectivity index (χ1v) is 5.58. The van der Waals surface area contributed by atoms with Gasteiger partial charge in [-0.15, -0.1) is 11.8 Å². The Balaban J connectivity index is 2.46. The maximum Gasteiger partial charge on any atom is 0.0868 e.